The van der Waals surface area contributed by atoms with Gasteiger partial charge in [0.15, 0.2) is 0 Å². The van der Waals surface area contributed by atoms with Gasteiger partial charge in [-0.05, 0) is 37.3 Å². The summed E-state index contributed by atoms with van der Waals surface area (Å²) in [5.74, 6) is 0.576. The largest absolute Gasteiger partial charge is 0.261 e. The van der Waals surface area contributed by atoms with Gasteiger partial charge in [0, 0.05) is 11.9 Å². The second-order valence-corrected chi connectivity index (χ2v) is 3.69. The van der Waals surface area contributed by atoms with Gasteiger partial charge in [0.25, 0.3) is 0 Å². The molecule has 0 atom stereocenters. The highest BCUT2D eigenvalue weighted by Crippen LogP contribution is 2.14. The van der Waals surface area contributed by atoms with Crippen molar-refractivity contribution in [2.24, 2.45) is 10.9 Å². The average molecular weight is 179 g/mol. The van der Waals surface area contributed by atoms with E-state index in [4.69, 9.17) is 0 Å². The highest BCUT2D eigenvalue weighted by molar-refractivity contribution is 5.78. The monoisotopic (exact) mass is 179 g/mol. The van der Waals surface area contributed by atoms with Crippen molar-refractivity contribution in [3.63, 3.8) is 0 Å². The summed E-state index contributed by atoms with van der Waals surface area (Å²) in [5.41, 5.74) is 3.54. The second kappa shape index (κ2) is 5.74. The van der Waals surface area contributed by atoms with E-state index in [1.165, 1.54) is 5.57 Å². The zero-order valence-corrected chi connectivity index (χ0v) is 9.52. The van der Waals surface area contributed by atoms with E-state index in [9.17, 15) is 0 Å². The van der Waals surface area contributed by atoms with Gasteiger partial charge in [-0.15, -0.1) is 0 Å². The molecule has 0 saturated carbocycles. The SMILES string of the molecule is C=C(C=N/C(C)=C(\C)C(C)C)CC. The molecule has 0 heterocycles. The average Bonchev–Trinajstić information content (AvgIpc) is 2.11. The highest BCUT2D eigenvalue weighted by atomic mass is 14.7. The Balaban J connectivity index is 4.45. The molecule has 0 aromatic carbocycles. The first kappa shape index (κ1) is 12.2. The predicted octanol–water partition coefficient (Wildman–Crippen LogP) is 3.97. The molecule has 0 aromatic rings. The van der Waals surface area contributed by atoms with Crippen LogP contribution in [0.15, 0.2) is 28.4 Å². The summed E-state index contributed by atoms with van der Waals surface area (Å²) >= 11 is 0. The van der Waals surface area contributed by atoms with Gasteiger partial charge < -0.3 is 0 Å². The molecule has 0 rings (SSSR count). The summed E-state index contributed by atoms with van der Waals surface area (Å²) in [6.45, 7) is 14.5. The smallest absolute Gasteiger partial charge is 0.0364 e. The van der Waals surface area contributed by atoms with Crippen LogP contribution in [0.3, 0.4) is 0 Å². The lowest BCUT2D eigenvalue weighted by Crippen LogP contribution is -1.92. The van der Waals surface area contributed by atoms with Crippen LogP contribution < -0.4 is 0 Å². The molecular formula is C12H21N. The van der Waals surface area contributed by atoms with Gasteiger partial charge in [-0.1, -0.05) is 27.4 Å². The third-order valence-electron chi connectivity index (χ3n) is 2.33. The highest BCUT2D eigenvalue weighted by Gasteiger charge is 1.99. The molecule has 0 amide bonds. The normalized spacial score (nSPS) is 13.7. The Morgan fingerprint density at radius 3 is 2.31 bits per heavy atom. The van der Waals surface area contributed by atoms with Crippen molar-refractivity contribution in [1.82, 2.24) is 0 Å². The van der Waals surface area contributed by atoms with Crippen LogP contribution in [-0.2, 0) is 0 Å². The van der Waals surface area contributed by atoms with Crippen molar-refractivity contribution in [1.29, 1.82) is 0 Å². The third kappa shape index (κ3) is 4.66. The van der Waals surface area contributed by atoms with Crippen molar-refractivity contribution in [2.45, 2.75) is 41.0 Å². The summed E-state index contributed by atoms with van der Waals surface area (Å²) in [4.78, 5) is 4.37. The van der Waals surface area contributed by atoms with Crippen molar-refractivity contribution >= 4 is 6.21 Å². The Labute approximate surface area is 82.3 Å². The van der Waals surface area contributed by atoms with Crippen LogP contribution in [-0.4, -0.2) is 6.21 Å². The lowest BCUT2D eigenvalue weighted by Gasteiger charge is -2.06. The van der Waals surface area contributed by atoms with Crippen LogP contribution in [0.5, 0.6) is 0 Å². The molecule has 0 aliphatic rings. The molecule has 0 radical (unpaired) electrons. The van der Waals surface area contributed by atoms with E-state index in [0.717, 1.165) is 17.7 Å². The van der Waals surface area contributed by atoms with Crippen molar-refractivity contribution < 1.29 is 0 Å². The third-order valence-corrected chi connectivity index (χ3v) is 2.33. The molecule has 0 unspecified atom stereocenters. The lowest BCUT2D eigenvalue weighted by molar-refractivity contribution is 0.754. The Hall–Kier alpha value is -0.850. The fourth-order valence-corrected chi connectivity index (χ4v) is 0.799. The number of nitrogens with zero attached hydrogens (tertiary/aromatic N) is 1. The van der Waals surface area contributed by atoms with Gasteiger partial charge in [0.1, 0.15) is 0 Å². The van der Waals surface area contributed by atoms with Crippen LogP contribution in [0.1, 0.15) is 41.0 Å². The van der Waals surface area contributed by atoms with Gasteiger partial charge >= 0.3 is 0 Å². The summed E-state index contributed by atoms with van der Waals surface area (Å²) < 4.78 is 0. The van der Waals surface area contributed by atoms with Crippen LogP contribution in [0.25, 0.3) is 0 Å². The van der Waals surface area contributed by atoms with Crippen LogP contribution in [0, 0.1) is 5.92 Å². The first-order chi connectivity index (χ1) is 5.99. The molecule has 0 fully saturated rings. The quantitative estimate of drug-likeness (QED) is 0.579. The number of aliphatic imine (C=N–C) groups is 1. The van der Waals surface area contributed by atoms with E-state index in [0.29, 0.717) is 5.92 Å². The molecule has 0 N–H and O–H groups in total. The number of allylic oxidation sites excluding steroid dienone is 3. The van der Waals surface area contributed by atoms with Crippen LogP contribution in [0.2, 0.25) is 0 Å². The maximum absolute atomic E-state index is 4.37. The molecule has 0 bridgehead atoms. The molecule has 0 aliphatic heterocycles. The van der Waals surface area contributed by atoms with E-state index < -0.39 is 0 Å². The van der Waals surface area contributed by atoms with Gasteiger partial charge in [0.2, 0.25) is 0 Å². The van der Waals surface area contributed by atoms with E-state index >= 15 is 0 Å². The molecule has 0 saturated heterocycles. The summed E-state index contributed by atoms with van der Waals surface area (Å²) in [6, 6.07) is 0. The molecule has 74 valence electrons. The number of hydrogen-bond donors (Lipinski definition) is 0. The van der Waals surface area contributed by atoms with E-state index in [1.807, 2.05) is 6.21 Å². The first-order valence-electron chi connectivity index (χ1n) is 4.88. The number of hydrogen-bond acceptors (Lipinski definition) is 1. The molecule has 13 heavy (non-hydrogen) atoms. The summed E-state index contributed by atoms with van der Waals surface area (Å²) in [5, 5.41) is 0. The zero-order chi connectivity index (χ0) is 10.4. The van der Waals surface area contributed by atoms with E-state index in [2.05, 4.69) is 46.2 Å². The maximum Gasteiger partial charge on any atom is 0.0364 e. The van der Waals surface area contributed by atoms with Crippen LogP contribution in [0.4, 0.5) is 0 Å². The number of rotatable bonds is 4. The Morgan fingerprint density at radius 1 is 1.38 bits per heavy atom. The van der Waals surface area contributed by atoms with Crippen molar-refractivity contribution in [3.05, 3.63) is 23.4 Å². The molecule has 0 spiro atoms. The minimum atomic E-state index is 0.576. The minimum Gasteiger partial charge on any atom is -0.261 e. The first-order valence-corrected chi connectivity index (χ1v) is 4.88. The van der Waals surface area contributed by atoms with Gasteiger partial charge in [-0.25, -0.2) is 0 Å². The standard InChI is InChI=1S/C12H21N/c1-7-10(4)8-13-12(6)11(5)9(2)3/h8-9H,4,7H2,1-3,5-6H3/b12-11+,13-8?. The van der Waals surface area contributed by atoms with E-state index in [-0.39, 0.29) is 0 Å². The Kier molecular flexibility index (Phi) is 5.36. The second-order valence-electron chi connectivity index (χ2n) is 3.69. The topological polar surface area (TPSA) is 12.4 Å². The molecule has 1 nitrogen and oxygen atoms in total. The van der Waals surface area contributed by atoms with Gasteiger partial charge in [0.05, 0.1) is 0 Å². The van der Waals surface area contributed by atoms with E-state index in [1.54, 1.807) is 0 Å². The summed E-state index contributed by atoms with van der Waals surface area (Å²) in [6.07, 6.45) is 2.83. The summed E-state index contributed by atoms with van der Waals surface area (Å²) in [7, 11) is 0. The zero-order valence-electron chi connectivity index (χ0n) is 9.52. The van der Waals surface area contributed by atoms with Gasteiger partial charge in [-0.3, -0.25) is 4.99 Å². The predicted molar refractivity (Wildman–Crippen MR) is 61.1 cm³/mol. The Bertz CT molecular complexity index is 232. The maximum atomic E-state index is 4.37. The molecule has 1 heteroatoms. The van der Waals surface area contributed by atoms with Crippen LogP contribution >= 0.6 is 0 Å². The Morgan fingerprint density at radius 2 is 1.92 bits per heavy atom. The fraction of sp³-hybridized carbons (Fsp3) is 0.583. The van der Waals surface area contributed by atoms with Gasteiger partial charge in [-0.2, -0.15) is 0 Å². The molecule has 0 aromatic heterocycles. The molecular weight excluding hydrogens is 158 g/mol. The van der Waals surface area contributed by atoms with Crippen molar-refractivity contribution in [2.75, 3.05) is 0 Å². The minimum absolute atomic E-state index is 0.576. The lowest BCUT2D eigenvalue weighted by atomic mass is 10.0. The van der Waals surface area contributed by atoms with Crippen molar-refractivity contribution in [3.8, 4) is 0 Å². The fourth-order valence-electron chi connectivity index (χ4n) is 0.799. The molecule has 0 aliphatic carbocycles.